The van der Waals surface area contributed by atoms with Crippen LogP contribution in [0.15, 0.2) is 6.20 Å². The molecule has 2 saturated heterocycles. The number of methoxy groups -OCH3 is 1. The topological polar surface area (TPSA) is 75.5 Å². The number of nitrogens with one attached hydrogen (secondary N) is 1. The first-order chi connectivity index (χ1) is 11.4. The van der Waals surface area contributed by atoms with Gasteiger partial charge in [0.1, 0.15) is 6.54 Å². The summed E-state index contributed by atoms with van der Waals surface area (Å²) < 4.78 is 7.12. The van der Waals surface area contributed by atoms with E-state index in [0.717, 1.165) is 38.4 Å². The number of aromatic nitrogens is 3. The normalized spacial score (nSPS) is 27.6. The van der Waals surface area contributed by atoms with E-state index in [1.54, 1.807) is 11.8 Å². The van der Waals surface area contributed by atoms with E-state index in [1.807, 2.05) is 11.1 Å². The Morgan fingerprint density at radius 3 is 2.92 bits per heavy atom. The highest BCUT2D eigenvalue weighted by atomic mass is 16.5. The SMILES string of the molecule is CO[C@@H]1CNC[C@H]1c1cn(CC(=O)N2CCN(C)C(C)(C)C2)nn1. The van der Waals surface area contributed by atoms with Crippen LogP contribution in [0.5, 0.6) is 0 Å². The van der Waals surface area contributed by atoms with Crippen molar-refractivity contribution < 1.29 is 9.53 Å². The molecule has 2 atom stereocenters. The summed E-state index contributed by atoms with van der Waals surface area (Å²) in [7, 11) is 3.82. The average molecular weight is 336 g/mol. The fourth-order valence-electron chi connectivity index (χ4n) is 3.45. The van der Waals surface area contributed by atoms with Gasteiger partial charge in [-0.15, -0.1) is 5.10 Å². The van der Waals surface area contributed by atoms with Crippen LogP contribution in [0, 0.1) is 0 Å². The number of hydrogen-bond acceptors (Lipinski definition) is 6. The summed E-state index contributed by atoms with van der Waals surface area (Å²) in [4.78, 5) is 16.8. The lowest BCUT2D eigenvalue weighted by molar-refractivity contribution is -0.136. The molecule has 0 spiro atoms. The van der Waals surface area contributed by atoms with Crippen LogP contribution in [0.4, 0.5) is 0 Å². The van der Waals surface area contributed by atoms with Gasteiger partial charge in [-0.05, 0) is 20.9 Å². The number of carbonyl (C=O) groups excluding carboxylic acids is 1. The third-order valence-electron chi connectivity index (χ3n) is 5.36. The highest BCUT2D eigenvalue weighted by molar-refractivity contribution is 5.76. The van der Waals surface area contributed by atoms with Crippen molar-refractivity contribution in [2.75, 3.05) is 46.9 Å². The Hall–Kier alpha value is -1.51. The smallest absolute Gasteiger partial charge is 0.244 e. The molecule has 1 amide bonds. The van der Waals surface area contributed by atoms with E-state index in [-0.39, 0.29) is 30.0 Å². The van der Waals surface area contributed by atoms with Crippen LogP contribution < -0.4 is 5.32 Å². The van der Waals surface area contributed by atoms with E-state index in [0.29, 0.717) is 0 Å². The molecule has 134 valence electrons. The van der Waals surface area contributed by atoms with Gasteiger partial charge in [-0.25, -0.2) is 4.68 Å². The molecule has 0 bridgehead atoms. The van der Waals surface area contributed by atoms with Crippen molar-refractivity contribution in [1.82, 2.24) is 30.1 Å². The van der Waals surface area contributed by atoms with Crippen LogP contribution in [0.25, 0.3) is 0 Å². The van der Waals surface area contributed by atoms with Gasteiger partial charge < -0.3 is 15.0 Å². The number of carbonyl (C=O) groups is 1. The quantitative estimate of drug-likeness (QED) is 0.801. The van der Waals surface area contributed by atoms with Crippen molar-refractivity contribution >= 4 is 5.91 Å². The number of likely N-dealkylation sites (N-methyl/N-ethyl adjacent to an activating group) is 1. The standard InChI is InChI=1S/C16H28N6O2/c1-16(2)11-21(6-5-20(16)3)15(23)10-22-9-13(18-19-22)12-7-17-8-14(12)24-4/h9,12,14,17H,5-8,10-11H2,1-4H3/t12-,14+/m0/s1. The minimum Gasteiger partial charge on any atom is -0.379 e. The average Bonchev–Trinajstić information content (AvgIpc) is 3.18. The maximum absolute atomic E-state index is 12.6. The first-order valence-electron chi connectivity index (χ1n) is 8.53. The molecule has 2 fully saturated rings. The van der Waals surface area contributed by atoms with Crippen molar-refractivity contribution in [3.63, 3.8) is 0 Å². The maximum atomic E-state index is 12.6. The van der Waals surface area contributed by atoms with Crippen LogP contribution in [-0.4, -0.2) is 89.2 Å². The Balaban J connectivity index is 1.61. The number of piperazine rings is 1. The summed E-state index contributed by atoms with van der Waals surface area (Å²) in [6.07, 6.45) is 1.99. The Morgan fingerprint density at radius 1 is 1.42 bits per heavy atom. The lowest BCUT2D eigenvalue weighted by Gasteiger charge is -2.45. The Labute approximate surface area is 143 Å². The number of hydrogen-bond donors (Lipinski definition) is 1. The molecule has 8 heteroatoms. The summed E-state index contributed by atoms with van der Waals surface area (Å²) >= 11 is 0. The molecule has 0 unspecified atom stereocenters. The van der Waals surface area contributed by atoms with E-state index < -0.39 is 0 Å². The minimum atomic E-state index is 0.00262. The van der Waals surface area contributed by atoms with E-state index in [4.69, 9.17) is 4.74 Å². The number of ether oxygens (including phenoxy) is 1. The largest absolute Gasteiger partial charge is 0.379 e. The molecule has 0 radical (unpaired) electrons. The molecule has 3 heterocycles. The van der Waals surface area contributed by atoms with Gasteiger partial charge in [0.05, 0.1) is 11.8 Å². The summed E-state index contributed by atoms with van der Waals surface area (Å²) in [5.74, 6) is 0.293. The van der Waals surface area contributed by atoms with Crippen LogP contribution in [-0.2, 0) is 16.1 Å². The molecule has 0 saturated carbocycles. The molecule has 1 N–H and O–H groups in total. The zero-order valence-electron chi connectivity index (χ0n) is 15.0. The lowest BCUT2D eigenvalue weighted by atomic mass is 10.00. The van der Waals surface area contributed by atoms with Gasteiger partial charge >= 0.3 is 0 Å². The van der Waals surface area contributed by atoms with Crippen LogP contribution in [0.2, 0.25) is 0 Å². The van der Waals surface area contributed by atoms with Gasteiger partial charge in [0.25, 0.3) is 0 Å². The van der Waals surface area contributed by atoms with E-state index in [2.05, 4.69) is 41.4 Å². The van der Waals surface area contributed by atoms with Crippen molar-refractivity contribution in [3.05, 3.63) is 11.9 Å². The zero-order chi connectivity index (χ0) is 17.3. The van der Waals surface area contributed by atoms with Crippen molar-refractivity contribution in [3.8, 4) is 0 Å². The number of rotatable bonds is 4. The second-order valence-corrected chi connectivity index (χ2v) is 7.43. The van der Waals surface area contributed by atoms with Crippen LogP contribution in [0.3, 0.4) is 0 Å². The maximum Gasteiger partial charge on any atom is 0.244 e. The molecule has 0 aromatic carbocycles. The number of nitrogens with zero attached hydrogens (tertiary/aromatic N) is 5. The third-order valence-corrected chi connectivity index (χ3v) is 5.36. The van der Waals surface area contributed by atoms with Gasteiger partial charge in [0, 0.05) is 57.5 Å². The molecule has 1 aromatic heterocycles. The van der Waals surface area contributed by atoms with Crippen molar-refractivity contribution in [2.45, 2.75) is 38.0 Å². The van der Waals surface area contributed by atoms with Gasteiger partial charge in [-0.1, -0.05) is 5.21 Å². The second kappa shape index (κ2) is 6.78. The Kier molecular flexibility index (Phi) is 4.89. The third kappa shape index (κ3) is 3.45. The fourth-order valence-corrected chi connectivity index (χ4v) is 3.45. The van der Waals surface area contributed by atoms with E-state index >= 15 is 0 Å². The highest BCUT2D eigenvalue weighted by Gasteiger charge is 2.34. The predicted molar refractivity (Wildman–Crippen MR) is 89.7 cm³/mol. The molecule has 0 aliphatic carbocycles. The summed E-state index contributed by atoms with van der Waals surface area (Å²) in [5.41, 5.74) is 0.890. The van der Waals surface area contributed by atoms with Gasteiger partial charge in [-0.3, -0.25) is 9.69 Å². The lowest BCUT2D eigenvalue weighted by Crippen LogP contribution is -2.59. The minimum absolute atomic E-state index is 0.00262. The molecule has 2 aliphatic rings. The molecular weight excluding hydrogens is 308 g/mol. The Bertz CT molecular complexity index is 587. The van der Waals surface area contributed by atoms with E-state index in [1.165, 1.54) is 0 Å². The monoisotopic (exact) mass is 336 g/mol. The van der Waals surface area contributed by atoms with Gasteiger partial charge in [-0.2, -0.15) is 0 Å². The first kappa shape index (κ1) is 17.3. The number of amides is 1. The molecular formula is C16H28N6O2. The molecule has 3 rings (SSSR count). The van der Waals surface area contributed by atoms with Gasteiger partial charge in [0.2, 0.25) is 5.91 Å². The van der Waals surface area contributed by atoms with Crippen LogP contribution >= 0.6 is 0 Å². The van der Waals surface area contributed by atoms with Crippen molar-refractivity contribution in [1.29, 1.82) is 0 Å². The van der Waals surface area contributed by atoms with E-state index in [9.17, 15) is 4.79 Å². The first-order valence-corrected chi connectivity index (χ1v) is 8.53. The summed E-state index contributed by atoms with van der Waals surface area (Å²) in [6.45, 7) is 8.62. The predicted octanol–water partition coefficient (Wildman–Crippen LogP) is -0.467. The Morgan fingerprint density at radius 2 is 2.21 bits per heavy atom. The highest BCUT2D eigenvalue weighted by Crippen LogP contribution is 2.23. The summed E-state index contributed by atoms with van der Waals surface area (Å²) in [5, 5.41) is 11.7. The van der Waals surface area contributed by atoms with Crippen molar-refractivity contribution in [2.24, 2.45) is 0 Å². The molecule has 24 heavy (non-hydrogen) atoms. The summed E-state index contributed by atoms with van der Waals surface area (Å²) in [6, 6.07) is 0. The fraction of sp³-hybridized carbons (Fsp3) is 0.812. The molecule has 8 nitrogen and oxygen atoms in total. The molecule has 2 aliphatic heterocycles. The van der Waals surface area contributed by atoms with Gasteiger partial charge in [0.15, 0.2) is 0 Å². The van der Waals surface area contributed by atoms with Crippen LogP contribution in [0.1, 0.15) is 25.5 Å². The zero-order valence-corrected chi connectivity index (χ0v) is 15.0. The second-order valence-electron chi connectivity index (χ2n) is 7.43. The molecule has 1 aromatic rings.